The Balaban J connectivity index is 1.54. The lowest BCUT2D eigenvalue weighted by atomic mass is 10.1. The minimum Gasteiger partial charge on any atom is -0.378 e. The van der Waals surface area contributed by atoms with E-state index in [2.05, 4.69) is 20.4 Å². The highest BCUT2D eigenvalue weighted by molar-refractivity contribution is 6.32. The van der Waals surface area contributed by atoms with Crippen molar-refractivity contribution in [2.45, 2.75) is 25.4 Å². The molecule has 3 heterocycles. The van der Waals surface area contributed by atoms with Crippen molar-refractivity contribution in [1.29, 1.82) is 0 Å². The van der Waals surface area contributed by atoms with Crippen molar-refractivity contribution in [2.24, 2.45) is 0 Å². The van der Waals surface area contributed by atoms with E-state index in [4.69, 9.17) is 20.9 Å². The van der Waals surface area contributed by atoms with E-state index in [0.717, 1.165) is 25.9 Å². The molecule has 2 aromatic rings. The van der Waals surface area contributed by atoms with Crippen LogP contribution >= 0.6 is 11.6 Å². The van der Waals surface area contributed by atoms with E-state index >= 15 is 0 Å². The number of piperidine rings is 1. The molecular formula is C14H17ClN4O2. The quantitative estimate of drug-likeness (QED) is 0.912. The molecule has 6 nitrogen and oxygen atoms in total. The highest BCUT2D eigenvalue weighted by Crippen LogP contribution is 2.22. The Labute approximate surface area is 127 Å². The number of aromatic nitrogens is 3. The highest BCUT2D eigenvalue weighted by Gasteiger charge is 2.15. The molecule has 0 bridgehead atoms. The maximum atomic E-state index is 6.06. The van der Waals surface area contributed by atoms with Gasteiger partial charge in [0.05, 0.1) is 24.2 Å². The van der Waals surface area contributed by atoms with Crippen molar-refractivity contribution < 1.29 is 9.26 Å². The lowest BCUT2D eigenvalue weighted by molar-refractivity contribution is 0.0322. The summed E-state index contributed by atoms with van der Waals surface area (Å²) in [6, 6.07) is 3.51. The maximum Gasteiger partial charge on any atom is 0.229 e. The summed E-state index contributed by atoms with van der Waals surface area (Å²) < 4.78 is 11.0. The second-order valence-electron chi connectivity index (χ2n) is 4.92. The molecule has 0 aromatic carbocycles. The fourth-order valence-corrected chi connectivity index (χ4v) is 2.48. The minimum atomic E-state index is 0.332. The van der Waals surface area contributed by atoms with Crippen molar-refractivity contribution in [2.75, 3.05) is 19.7 Å². The Bertz CT molecular complexity index is 584. The summed E-state index contributed by atoms with van der Waals surface area (Å²) in [5.41, 5.74) is 0.536. The summed E-state index contributed by atoms with van der Waals surface area (Å²) in [5.74, 6) is 0.957. The first-order valence-electron chi connectivity index (χ1n) is 7.09. The normalized spacial score (nSPS) is 16.2. The molecule has 1 saturated heterocycles. The number of hydrogen-bond acceptors (Lipinski definition) is 6. The van der Waals surface area contributed by atoms with Gasteiger partial charge in [-0.05, 0) is 38.1 Å². The van der Waals surface area contributed by atoms with Crippen LogP contribution in [0.3, 0.4) is 0 Å². The van der Waals surface area contributed by atoms with Crippen LogP contribution in [0.15, 0.2) is 22.9 Å². The fraction of sp³-hybridized carbons (Fsp3) is 0.500. The molecule has 0 spiro atoms. The molecule has 0 saturated carbocycles. The molecule has 0 aliphatic carbocycles. The van der Waals surface area contributed by atoms with E-state index in [-0.39, 0.29) is 0 Å². The highest BCUT2D eigenvalue weighted by atomic mass is 35.5. The molecule has 0 amide bonds. The van der Waals surface area contributed by atoms with Gasteiger partial charge in [-0.2, -0.15) is 4.98 Å². The maximum absolute atomic E-state index is 6.06. The Kier molecular flexibility index (Phi) is 4.80. The molecule has 1 aliphatic rings. The lowest BCUT2D eigenvalue weighted by Gasteiger charge is -2.22. The fourth-order valence-electron chi connectivity index (χ4n) is 2.28. The van der Waals surface area contributed by atoms with Crippen LogP contribution < -0.4 is 5.32 Å². The monoisotopic (exact) mass is 308 g/mol. The van der Waals surface area contributed by atoms with Crippen LogP contribution in [0.4, 0.5) is 0 Å². The number of hydrogen-bond donors (Lipinski definition) is 1. The van der Waals surface area contributed by atoms with E-state index in [1.165, 1.54) is 0 Å². The van der Waals surface area contributed by atoms with Gasteiger partial charge in [0.15, 0.2) is 0 Å². The van der Waals surface area contributed by atoms with Crippen molar-refractivity contribution >= 4 is 11.6 Å². The molecule has 1 N–H and O–H groups in total. The standard InChI is InChI=1S/C14H17ClN4O2/c15-11-2-1-6-17-13(11)14-18-12(21-19-14)5-9-20-10-3-7-16-8-4-10/h1-2,6,10,16H,3-5,7-9H2. The van der Waals surface area contributed by atoms with E-state index in [1.54, 1.807) is 18.3 Å². The van der Waals surface area contributed by atoms with Gasteiger partial charge in [0.1, 0.15) is 5.69 Å². The van der Waals surface area contributed by atoms with E-state index < -0.39 is 0 Å². The Morgan fingerprint density at radius 2 is 2.24 bits per heavy atom. The number of pyridine rings is 1. The van der Waals surface area contributed by atoms with Crippen LogP contribution in [0.1, 0.15) is 18.7 Å². The van der Waals surface area contributed by atoms with Gasteiger partial charge in [-0.1, -0.05) is 16.8 Å². The van der Waals surface area contributed by atoms with E-state index in [9.17, 15) is 0 Å². The predicted octanol–water partition coefficient (Wildman–Crippen LogP) is 2.10. The number of ether oxygens (including phenoxy) is 1. The van der Waals surface area contributed by atoms with Gasteiger partial charge in [0, 0.05) is 6.20 Å². The second-order valence-corrected chi connectivity index (χ2v) is 5.32. The molecule has 112 valence electrons. The molecular weight excluding hydrogens is 292 g/mol. The van der Waals surface area contributed by atoms with Crippen LogP contribution in [-0.2, 0) is 11.2 Å². The lowest BCUT2D eigenvalue weighted by Crippen LogP contribution is -2.32. The molecule has 7 heteroatoms. The van der Waals surface area contributed by atoms with Crippen LogP contribution in [0.2, 0.25) is 5.02 Å². The zero-order valence-corrected chi connectivity index (χ0v) is 12.3. The number of nitrogens with zero attached hydrogens (tertiary/aromatic N) is 3. The van der Waals surface area contributed by atoms with Gasteiger partial charge in [-0.15, -0.1) is 0 Å². The van der Waals surface area contributed by atoms with Gasteiger partial charge >= 0.3 is 0 Å². The second kappa shape index (κ2) is 6.98. The van der Waals surface area contributed by atoms with Crippen molar-refractivity contribution in [3.05, 3.63) is 29.2 Å². The molecule has 0 atom stereocenters. The number of nitrogens with one attached hydrogen (secondary N) is 1. The number of rotatable bonds is 5. The molecule has 3 rings (SSSR count). The summed E-state index contributed by atoms with van der Waals surface area (Å²) in [6.07, 6.45) is 4.69. The first-order chi connectivity index (χ1) is 10.3. The predicted molar refractivity (Wildman–Crippen MR) is 78.1 cm³/mol. The molecule has 21 heavy (non-hydrogen) atoms. The molecule has 1 aliphatic heterocycles. The SMILES string of the molecule is Clc1cccnc1-c1noc(CCOC2CCNCC2)n1. The van der Waals surface area contributed by atoms with Crippen LogP contribution in [0.5, 0.6) is 0 Å². The van der Waals surface area contributed by atoms with Crippen molar-refractivity contribution in [3.63, 3.8) is 0 Å². The van der Waals surface area contributed by atoms with Crippen molar-refractivity contribution in [1.82, 2.24) is 20.4 Å². The van der Waals surface area contributed by atoms with Crippen LogP contribution in [0.25, 0.3) is 11.5 Å². The zero-order chi connectivity index (χ0) is 14.5. The summed E-state index contributed by atoms with van der Waals surface area (Å²) in [6.45, 7) is 2.63. The van der Waals surface area contributed by atoms with Crippen molar-refractivity contribution in [3.8, 4) is 11.5 Å². The van der Waals surface area contributed by atoms with Gasteiger partial charge in [-0.3, -0.25) is 4.98 Å². The smallest absolute Gasteiger partial charge is 0.229 e. The Morgan fingerprint density at radius 1 is 1.38 bits per heavy atom. The third-order valence-corrected chi connectivity index (χ3v) is 3.70. The van der Waals surface area contributed by atoms with Gasteiger partial charge in [-0.25, -0.2) is 0 Å². The average molecular weight is 309 g/mol. The van der Waals surface area contributed by atoms with Crippen LogP contribution in [-0.4, -0.2) is 40.9 Å². The topological polar surface area (TPSA) is 73.1 Å². The average Bonchev–Trinajstić information content (AvgIpc) is 2.97. The molecule has 0 unspecified atom stereocenters. The molecule has 1 fully saturated rings. The minimum absolute atomic E-state index is 0.332. The van der Waals surface area contributed by atoms with E-state index in [1.807, 2.05) is 0 Å². The molecule has 2 aromatic heterocycles. The first kappa shape index (κ1) is 14.4. The molecule has 0 radical (unpaired) electrons. The number of halogens is 1. The summed E-state index contributed by atoms with van der Waals surface area (Å²) in [4.78, 5) is 8.47. The largest absolute Gasteiger partial charge is 0.378 e. The van der Waals surface area contributed by atoms with E-state index in [0.29, 0.717) is 41.6 Å². The van der Waals surface area contributed by atoms with Crippen LogP contribution in [0, 0.1) is 0 Å². The Hall–Kier alpha value is -1.50. The van der Waals surface area contributed by atoms with Gasteiger partial charge < -0.3 is 14.6 Å². The summed E-state index contributed by atoms with van der Waals surface area (Å²) >= 11 is 6.06. The summed E-state index contributed by atoms with van der Waals surface area (Å²) in [5, 5.41) is 7.73. The third-order valence-electron chi connectivity index (χ3n) is 3.39. The summed E-state index contributed by atoms with van der Waals surface area (Å²) in [7, 11) is 0. The first-order valence-corrected chi connectivity index (χ1v) is 7.46. The third kappa shape index (κ3) is 3.78. The van der Waals surface area contributed by atoms with Gasteiger partial charge in [0.2, 0.25) is 11.7 Å². The Morgan fingerprint density at radius 3 is 3.05 bits per heavy atom. The zero-order valence-electron chi connectivity index (χ0n) is 11.6. The van der Waals surface area contributed by atoms with Gasteiger partial charge in [0.25, 0.3) is 0 Å².